The molecule has 1 unspecified atom stereocenters. The lowest BCUT2D eigenvalue weighted by atomic mass is 9.76. The Morgan fingerprint density at radius 2 is 2.00 bits per heavy atom. The Morgan fingerprint density at radius 3 is 2.31 bits per heavy atom. The monoisotopic (exact) mass is 228 g/mol. The molecule has 0 aliphatic heterocycles. The third kappa shape index (κ3) is 2.72. The summed E-state index contributed by atoms with van der Waals surface area (Å²) in [6.45, 7) is 3.88. The lowest BCUT2D eigenvalue weighted by Crippen LogP contribution is -2.59. The summed E-state index contributed by atoms with van der Waals surface area (Å²) in [6, 6.07) is -0.217. The second kappa shape index (κ2) is 4.82. The van der Waals surface area contributed by atoms with E-state index in [1.807, 2.05) is 13.8 Å². The Hall–Kier alpha value is -1.10. The highest BCUT2D eigenvalue weighted by atomic mass is 16.4. The predicted molar refractivity (Wildman–Crippen MR) is 59.8 cm³/mol. The second-order valence-corrected chi connectivity index (χ2v) is 4.90. The topological polar surface area (TPSA) is 92.4 Å². The number of rotatable bonds is 5. The van der Waals surface area contributed by atoms with Crippen molar-refractivity contribution < 1.29 is 14.7 Å². The van der Waals surface area contributed by atoms with Crippen LogP contribution in [0.2, 0.25) is 0 Å². The van der Waals surface area contributed by atoms with Gasteiger partial charge in [-0.3, -0.25) is 4.79 Å². The highest BCUT2D eigenvalue weighted by Gasteiger charge is 2.45. The van der Waals surface area contributed by atoms with Crippen LogP contribution < -0.4 is 11.1 Å². The molecule has 1 fully saturated rings. The van der Waals surface area contributed by atoms with Crippen LogP contribution in [-0.4, -0.2) is 28.6 Å². The van der Waals surface area contributed by atoms with Crippen molar-refractivity contribution in [1.29, 1.82) is 0 Å². The number of amides is 1. The molecule has 1 amide bonds. The van der Waals surface area contributed by atoms with Crippen LogP contribution in [0.4, 0.5) is 0 Å². The van der Waals surface area contributed by atoms with Gasteiger partial charge in [0.2, 0.25) is 5.91 Å². The van der Waals surface area contributed by atoms with Crippen LogP contribution in [0.25, 0.3) is 0 Å². The summed E-state index contributed by atoms with van der Waals surface area (Å²) in [5.74, 6) is -0.985. The van der Waals surface area contributed by atoms with E-state index in [1.54, 1.807) is 0 Å². The van der Waals surface area contributed by atoms with Crippen LogP contribution in [0.5, 0.6) is 0 Å². The second-order valence-electron chi connectivity index (χ2n) is 4.90. The zero-order valence-corrected chi connectivity index (χ0v) is 9.82. The summed E-state index contributed by atoms with van der Waals surface area (Å²) in [5, 5.41) is 11.6. The lowest BCUT2D eigenvalue weighted by Gasteiger charge is -2.38. The predicted octanol–water partition coefficient (Wildman–Crippen LogP) is 0.483. The first kappa shape index (κ1) is 13.0. The molecule has 0 saturated heterocycles. The molecule has 5 heteroatoms. The summed E-state index contributed by atoms with van der Waals surface area (Å²) >= 11 is 0. The van der Waals surface area contributed by atoms with E-state index in [9.17, 15) is 9.59 Å². The summed E-state index contributed by atoms with van der Waals surface area (Å²) < 4.78 is 0. The Kier molecular flexibility index (Phi) is 3.91. The fourth-order valence-electron chi connectivity index (χ4n) is 1.69. The number of carboxylic acid groups (broad SMARTS) is 1. The quantitative estimate of drug-likeness (QED) is 0.638. The molecule has 16 heavy (non-hydrogen) atoms. The normalized spacial score (nSPS) is 20.0. The molecule has 5 nitrogen and oxygen atoms in total. The first-order valence-electron chi connectivity index (χ1n) is 5.67. The van der Waals surface area contributed by atoms with E-state index in [0.29, 0.717) is 12.8 Å². The van der Waals surface area contributed by atoms with Gasteiger partial charge in [0.25, 0.3) is 0 Å². The van der Waals surface area contributed by atoms with E-state index in [0.717, 1.165) is 6.42 Å². The van der Waals surface area contributed by atoms with E-state index in [2.05, 4.69) is 5.32 Å². The summed E-state index contributed by atoms with van der Waals surface area (Å²) in [7, 11) is 0. The van der Waals surface area contributed by atoms with Crippen molar-refractivity contribution in [2.45, 2.75) is 51.1 Å². The molecule has 1 aliphatic carbocycles. The number of nitrogens with one attached hydrogen (secondary N) is 1. The van der Waals surface area contributed by atoms with Gasteiger partial charge in [0.05, 0.1) is 0 Å². The molecular weight excluding hydrogens is 208 g/mol. The number of carboxylic acids is 1. The zero-order valence-electron chi connectivity index (χ0n) is 9.82. The standard InChI is InChI=1S/C11H20N2O3/c1-7(2)8(12)6-9(14)13-11(10(15)16)4-3-5-11/h7-8H,3-6,12H2,1-2H3,(H,13,14)(H,15,16). The van der Waals surface area contributed by atoms with Gasteiger partial charge in [-0.15, -0.1) is 0 Å². The number of aliphatic carboxylic acids is 1. The van der Waals surface area contributed by atoms with Crippen molar-refractivity contribution in [3.63, 3.8) is 0 Å². The molecule has 0 heterocycles. The molecule has 1 atom stereocenters. The van der Waals surface area contributed by atoms with Crippen LogP contribution in [0.3, 0.4) is 0 Å². The molecule has 0 aromatic heterocycles. The minimum absolute atomic E-state index is 0.187. The zero-order chi connectivity index (χ0) is 12.3. The van der Waals surface area contributed by atoms with Crippen molar-refractivity contribution in [3.05, 3.63) is 0 Å². The van der Waals surface area contributed by atoms with Crippen molar-refractivity contribution in [1.82, 2.24) is 5.32 Å². The van der Waals surface area contributed by atoms with E-state index in [-0.39, 0.29) is 24.3 Å². The van der Waals surface area contributed by atoms with Gasteiger partial charge in [-0.2, -0.15) is 0 Å². The first-order chi connectivity index (χ1) is 7.37. The van der Waals surface area contributed by atoms with Crippen LogP contribution in [-0.2, 0) is 9.59 Å². The van der Waals surface area contributed by atoms with Crippen molar-refractivity contribution >= 4 is 11.9 Å². The Balaban J connectivity index is 2.47. The van der Waals surface area contributed by atoms with Crippen molar-refractivity contribution in [3.8, 4) is 0 Å². The summed E-state index contributed by atoms with van der Waals surface area (Å²) in [6.07, 6.45) is 2.07. The maximum atomic E-state index is 11.6. The first-order valence-corrected chi connectivity index (χ1v) is 5.67. The average molecular weight is 228 g/mol. The maximum Gasteiger partial charge on any atom is 0.329 e. The highest BCUT2D eigenvalue weighted by molar-refractivity contribution is 5.88. The van der Waals surface area contributed by atoms with Gasteiger partial charge in [0.1, 0.15) is 5.54 Å². The average Bonchev–Trinajstić information content (AvgIpc) is 2.10. The van der Waals surface area contributed by atoms with Gasteiger partial charge in [-0.05, 0) is 25.2 Å². The SMILES string of the molecule is CC(C)C(N)CC(=O)NC1(C(=O)O)CCC1. The molecule has 0 bridgehead atoms. The van der Waals surface area contributed by atoms with Crippen LogP contribution in [0.1, 0.15) is 39.5 Å². The van der Waals surface area contributed by atoms with E-state index < -0.39 is 11.5 Å². The lowest BCUT2D eigenvalue weighted by molar-refractivity contribution is -0.151. The van der Waals surface area contributed by atoms with Crippen LogP contribution in [0.15, 0.2) is 0 Å². The Labute approximate surface area is 95.4 Å². The fraction of sp³-hybridized carbons (Fsp3) is 0.818. The van der Waals surface area contributed by atoms with Gasteiger partial charge < -0.3 is 16.2 Å². The number of nitrogens with two attached hydrogens (primary N) is 1. The molecule has 1 saturated carbocycles. The number of hydrogen-bond acceptors (Lipinski definition) is 3. The molecule has 0 aromatic carbocycles. The van der Waals surface area contributed by atoms with Crippen LogP contribution in [0, 0.1) is 5.92 Å². The van der Waals surface area contributed by atoms with E-state index in [4.69, 9.17) is 10.8 Å². The molecule has 92 valence electrons. The van der Waals surface area contributed by atoms with Gasteiger partial charge in [-0.1, -0.05) is 13.8 Å². The highest BCUT2D eigenvalue weighted by Crippen LogP contribution is 2.32. The molecule has 0 radical (unpaired) electrons. The summed E-state index contributed by atoms with van der Waals surface area (Å²) in [5.41, 5.74) is 4.74. The number of hydrogen-bond donors (Lipinski definition) is 3. The van der Waals surface area contributed by atoms with E-state index >= 15 is 0 Å². The Bertz CT molecular complexity index is 285. The molecule has 1 aliphatic rings. The number of carbonyl (C=O) groups excluding carboxylic acids is 1. The van der Waals surface area contributed by atoms with Gasteiger partial charge in [0.15, 0.2) is 0 Å². The molecule has 0 spiro atoms. The minimum Gasteiger partial charge on any atom is -0.480 e. The minimum atomic E-state index is -1.02. The third-order valence-electron chi connectivity index (χ3n) is 3.27. The van der Waals surface area contributed by atoms with Crippen molar-refractivity contribution in [2.24, 2.45) is 11.7 Å². The van der Waals surface area contributed by atoms with Crippen molar-refractivity contribution in [2.75, 3.05) is 0 Å². The summed E-state index contributed by atoms with van der Waals surface area (Å²) in [4.78, 5) is 22.6. The largest absolute Gasteiger partial charge is 0.480 e. The van der Waals surface area contributed by atoms with Gasteiger partial charge in [0, 0.05) is 12.5 Å². The van der Waals surface area contributed by atoms with E-state index in [1.165, 1.54) is 0 Å². The van der Waals surface area contributed by atoms with Crippen LogP contribution >= 0.6 is 0 Å². The fourth-order valence-corrected chi connectivity index (χ4v) is 1.69. The third-order valence-corrected chi connectivity index (χ3v) is 3.27. The molecule has 4 N–H and O–H groups in total. The Morgan fingerprint density at radius 1 is 1.44 bits per heavy atom. The van der Waals surface area contributed by atoms with Gasteiger partial charge in [-0.25, -0.2) is 4.79 Å². The molecule has 0 aromatic rings. The molecule has 1 rings (SSSR count). The van der Waals surface area contributed by atoms with Gasteiger partial charge >= 0.3 is 5.97 Å². The number of carbonyl (C=O) groups is 2. The molecular formula is C11H20N2O3. The maximum absolute atomic E-state index is 11.6. The smallest absolute Gasteiger partial charge is 0.329 e.